The maximum absolute atomic E-state index is 10.0. The van der Waals surface area contributed by atoms with Crippen molar-refractivity contribution in [3.8, 4) is 0 Å². The molecule has 0 heterocycles. The highest BCUT2D eigenvalue weighted by molar-refractivity contribution is 8.15. The molecule has 0 aliphatic carbocycles. The van der Waals surface area contributed by atoms with Crippen LogP contribution < -0.4 is 11.0 Å². The van der Waals surface area contributed by atoms with Crippen LogP contribution in [0.25, 0.3) is 0 Å². The summed E-state index contributed by atoms with van der Waals surface area (Å²) in [5.41, 5.74) is 5.37. The first-order chi connectivity index (χ1) is 6.52. The second-order valence-corrected chi connectivity index (χ2v) is 7.68. The molecular formula is C9H12NOPS2. The van der Waals surface area contributed by atoms with Crippen LogP contribution in [0.5, 0.6) is 0 Å². The average Bonchev–Trinajstić information content (AvgIpc) is 2.16. The lowest BCUT2D eigenvalue weighted by molar-refractivity contribution is 0.632. The Morgan fingerprint density at radius 1 is 1.36 bits per heavy atom. The van der Waals surface area contributed by atoms with Crippen molar-refractivity contribution in [2.24, 2.45) is 5.73 Å². The number of thiocarbonyl (C=S) groups is 1. The Labute approximate surface area is 94.2 Å². The van der Waals surface area contributed by atoms with E-state index in [9.17, 15) is 4.89 Å². The lowest BCUT2D eigenvalue weighted by atomic mass is 10.4. The lowest BCUT2D eigenvalue weighted by Gasteiger charge is -2.14. The van der Waals surface area contributed by atoms with Crippen molar-refractivity contribution in [2.75, 3.05) is 6.16 Å². The Morgan fingerprint density at radius 3 is 2.43 bits per heavy atom. The highest BCUT2D eigenvalue weighted by Gasteiger charge is 2.15. The molecule has 2 nitrogen and oxygen atoms in total. The van der Waals surface area contributed by atoms with Crippen molar-refractivity contribution in [3.05, 3.63) is 30.3 Å². The van der Waals surface area contributed by atoms with E-state index >= 15 is 0 Å². The number of nitrogens with two attached hydrogens (primary N) is 1. The summed E-state index contributed by atoms with van der Waals surface area (Å²) in [6.45, 7) is 0. The first-order valence-corrected chi connectivity index (χ1v) is 7.53. The Bertz CT molecular complexity index is 366. The highest BCUT2D eigenvalue weighted by atomic mass is 32.4. The van der Waals surface area contributed by atoms with Crippen molar-refractivity contribution in [3.63, 3.8) is 0 Å². The molecule has 0 bridgehead atoms. The summed E-state index contributed by atoms with van der Waals surface area (Å²) < 4.78 is 0. The predicted octanol–water partition coefficient (Wildman–Crippen LogP) is 1.37. The van der Waals surface area contributed by atoms with Gasteiger partial charge in [-0.2, -0.15) is 0 Å². The van der Waals surface area contributed by atoms with Gasteiger partial charge in [-0.25, -0.2) is 0 Å². The molecule has 1 rings (SSSR count). The SMILES string of the molecule is NC(=S)CCP(O)(=S)c1ccccc1. The second-order valence-electron chi connectivity index (χ2n) is 2.98. The van der Waals surface area contributed by atoms with Crippen molar-refractivity contribution in [1.29, 1.82) is 0 Å². The summed E-state index contributed by atoms with van der Waals surface area (Å²) in [4.78, 5) is 10.5. The molecule has 0 aliphatic rings. The average molecular weight is 245 g/mol. The Morgan fingerprint density at radius 2 is 1.93 bits per heavy atom. The van der Waals surface area contributed by atoms with Gasteiger partial charge in [0.2, 0.25) is 0 Å². The molecule has 0 fully saturated rings. The van der Waals surface area contributed by atoms with E-state index in [0.717, 1.165) is 5.30 Å². The Kier molecular flexibility index (Phi) is 4.20. The van der Waals surface area contributed by atoms with Crippen molar-refractivity contribution in [1.82, 2.24) is 0 Å². The first-order valence-electron chi connectivity index (χ1n) is 4.18. The predicted molar refractivity (Wildman–Crippen MR) is 68.8 cm³/mol. The molecule has 0 amide bonds. The monoisotopic (exact) mass is 245 g/mol. The molecule has 0 spiro atoms. The molecular weight excluding hydrogens is 233 g/mol. The number of benzene rings is 1. The molecule has 0 saturated carbocycles. The zero-order chi connectivity index (χ0) is 10.6. The maximum atomic E-state index is 10.0. The van der Waals surface area contributed by atoms with E-state index < -0.39 is 6.26 Å². The Hall–Kier alpha value is -0.280. The summed E-state index contributed by atoms with van der Waals surface area (Å²) in [6, 6.07) is 9.33. The lowest BCUT2D eigenvalue weighted by Crippen LogP contribution is -2.13. The smallest absolute Gasteiger partial charge is 0.0917 e. The van der Waals surface area contributed by atoms with Gasteiger partial charge in [0.25, 0.3) is 0 Å². The van der Waals surface area contributed by atoms with Crippen LogP contribution in [-0.2, 0) is 11.8 Å². The Balaban J connectivity index is 2.76. The molecule has 14 heavy (non-hydrogen) atoms. The molecule has 0 saturated heterocycles. The van der Waals surface area contributed by atoms with Crippen LogP contribution in [0.1, 0.15) is 6.42 Å². The van der Waals surface area contributed by atoms with E-state index in [2.05, 4.69) is 0 Å². The fourth-order valence-electron chi connectivity index (χ4n) is 1.05. The molecule has 3 N–H and O–H groups in total. The molecule has 0 aromatic heterocycles. The minimum absolute atomic E-state index is 0.407. The van der Waals surface area contributed by atoms with Gasteiger partial charge < -0.3 is 10.6 Å². The summed E-state index contributed by atoms with van der Waals surface area (Å²) in [5, 5.41) is 0.825. The normalized spacial score (nSPS) is 14.6. The standard InChI is InChI=1S/C9H12NOPS2/c10-9(13)6-7-12(11,14)8-4-2-1-3-5-8/h1-5H,6-7H2,(H2,10,13)(H,11,14). The van der Waals surface area contributed by atoms with Gasteiger partial charge in [-0.1, -0.05) is 54.4 Å². The van der Waals surface area contributed by atoms with Crippen LogP contribution in [0.4, 0.5) is 0 Å². The summed E-state index contributed by atoms with van der Waals surface area (Å²) in [6.07, 6.45) is -1.43. The molecule has 0 aliphatic heterocycles. The molecule has 1 aromatic rings. The summed E-state index contributed by atoms with van der Waals surface area (Å²) in [5.74, 6) is 0. The van der Waals surface area contributed by atoms with Crippen LogP contribution in [0.3, 0.4) is 0 Å². The van der Waals surface area contributed by atoms with Gasteiger partial charge in [0, 0.05) is 17.9 Å². The minimum Gasteiger partial charge on any atom is -0.393 e. The zero-order valence-corrected chi connectivity index (χ0v) is 10.1. The van der Waals surface area contributed by atoms with Crippen LogP contribution in [-0.4, -0.2) is 16.0 Å². The van der Waals surface area contributed by atoms with Crippen LogP contribution in [0.15, 0.2) is 30.3 Å². The third-order valence-electron chi connectivity index (χ3n) is 1.82. The molecule has 1 unspecified atom stereocenters. The fourth-order valence-corrected chi connectivity index (χ4v) is 3.38. The summed E-state index contributed by atoms with van der Waals surface area (Å²) >= 11 is 9.93. The topological polar surface area (TPSA) is 46.2 Å². The quantitative estimate of drug-likeness (QED) is 0.621. The van der Waals surface area contributed by atoms with Gasteiger partial charge in [-0.05, 0) is 0 Å². The molecule has 76 valence electrons. The van der Waals surface area contributed by atoms with Gasteiger partial charge in [0.1, 0.15) is 0 Å². The zero-order valence-electron chi connectivity index (χ0n) is 7.59. The van der Waals surface area contributed by atoms with Gasteiger partial charge in [0.15, 0.2) is 0 Å². The van der Waals surface area contributed by atoms with Crippen LogP contribution >= 0.6 is 18.5 Å². The third-order valence-corrected chi connectivity index (χ3v) is 5.14. The van der Waals surface area contributed by atoms with Gasteiger partial charge >= 0.3 is 0 Å². The van der Waals surface area contributed by atoms with Crippen molar-refractivity contribution >= 4 is 40.6 Å². The summed E-state index contributed by atoms with van der Waals surface area (Å²) in [7, 11) is 0. The minimum atomic E-state index is -2.43. The molecule has 5 heteroatoms. The van der Waals surface area contributed by atoms with Crippen LogP contribution in [0, 0.1) is 0 Å². The fraction of sp³-hybridized carbons (Fsp3) is 0.222. The van der Waals surface area contributed by atoms with Crippen molar-refractivity contribution in [2.45, 2.75) is 6.42 Å². The number of rotatable bonds is 4. The maximum Gasteiger partial charge on any atom is 0.0917 e. The van der Waals surface area contributed by atoms with Gasteiger partial charge in [-0.3, -0.25) is 0 Å². The van der Waals surface area contributed by atoms with Gasteiger partial charge in [-0.15, -0.1) is 0 Å². The van der Waals surface area contributed by atoms with E-state index in [1.807, 2.05) is 30.3 Å². The third kappa shape index (κ3) is 3.46. The highest BCUT2D eigenvalue weighted by Crippen LogP contribution is 2.39. The molecule has 0 radical (unpaired) electrons. The molecule has 1 atom stereocenters. The van der Waals surface area contributed by atoms with E-state index in [1.165, 1.54) is 0 Å². The van der Waals surface area contributed by atoms with E-state index in [-0.39, 0.29) is 0 Å². The van der Waals surface area contributed by atoms with E-state index in [4.69, 9.17) is 29.8 Å². The first kappa shape index (κ1) is 11.8. The van der Waals surface area contributed by atoms with E-state index in [1.54, 1.807) is 0 Å². The van der Waals surface area contributed by atoms with Gasteiger partial charge in [0.05, 0.1) is 11.3 Å². The largest absolute Gasteiger partial charge is 0.393 e. The van der Waals surface area contributed by atoms with Crippen LogP contribution in [0.2, 0.25) is 0 Å². The molecule has 1 aromatic carbocycles. The second kappa shape index (κ2) is 4.99. The van der Waals surface area contributed by atoms with E-state index in [0.29, 0.717) is 17.6 Å². The number of hydrogen-bond donors (Lipinski definition) is 2. The number of hydrogen-bond acceptors (Lipinski definition) is 2. The van der Waals surface area contributed by atoms with Crippen molar-refractivity contribution < 1.29 is 4.89 Å².